The predicted molar refractivity (Wildman–Crippen MR) is 88.0 cm³/mol. The number of nitrogens with zero attached hydrogens (tertiary/aromatic N) is 3. The van der Waals surface area contributed by atoms with E-state index in [2.05, 4.69) is 57.0 Å². The standard InChI is InChI=1S/C17H16FN5/c1-12-2-4-13(5-3-12)10-19-17-22-16(11-20-23-17)21-15-8-6-14(18)7-9-15/h2-9,11H,10H2,1H3,(H2,19,21,22,23). The smallest absolute Gasteiger partial charge is 0.244 e. The molecule has 6 heteroatoms. The minimum Gasteiger partial charge on any atom is -0.349 e. The number of aromatic nitrogens is 3. The summed E-state index contributed by atoms with van der Waals surface area (Å²) in [4.78, 5) is 4.33. The molecule has 0 aliphatic heterocycles. The minimum absolute atomic E-state index is 0.281. The lowest BCUT2D eigenvalue weighted by molar-refractivity contribution is 0.628. The van der Waals surface area contributed by atoms with E-state index in [1.165, 1.54) is 23.9 Å². The minimum atomic E-state index is -0.281. The van der Waals surface area contributed by atoms with Crippen LogP contribution in [0.2, 0.25) is 0 Å². The van der Waals surface area contributed by atoms with Crippen LogP contribution in [0.4, 0.5) is 21.8 Å². The zero-order valence-electron chi connectivity index (χ0n) is 12.6. The monoisotopic (exact) mass is 309 g/mol. The first-order chi connectivity index (χ1) is 11.2. The van der Waals surface area contributed by atoms with Crippen molar-refractivity contribution in [3.05, 3.63) is 71.7 Å². The maximum atomic E-state index is 12.9. The molecule has 0 radical (unpaired) electrons. The third-order valence-electron chi connectivity index (χ3n) is 3.25. The van der Waals surface area contributed by atoms with E-state index in [4.69, 9.17) is 0 Å². The Kier molecular flexibility index (Phi) is 4.42. The first kappa shape index (κ1) is 14.9. The summed E-state index contributed by atoms with van der Waals surface area (Å²) in [6.07, 6.45) is 1.51. The highest BCUT2D eigenvalue weighted by Gasteiger charge is 2.02. The Morgan fingerprint density at radius 2 is 1.74 bits per heavy atom. The zero-order chi connectivity index (χ0) is 16.1. The highest BCUT2D eigenvalue weighted by molar-refractivity contribution is 5.55. The molecule has 0 spiro atoms. The molecule has 3 aromatic rings. The van der Waals surface area contributed by atoms with Crippen LogP contribution in [0.5, 0.6) is 0 Å². The van der Waals surface area contributed by atoms with Crippen LogP contribution in [-0.2, 0) is 6.54 Å². The number of hydrogen-bond acceptors (Lipinski definition) is 5. The largest absolute Gasteiger partial charge is 0.349 e. The Bertz CT molecular complexity index is 772. The van der Waals surface area contributed by atoms with Gasteiger partial charge in [-0.3, -0.25) is 0 Å². The van der Waals surface area contributed by atoms with Crippen molar-refractivity contribution in [3.8, 4) is 0 Å². The third kappa shape index (κ3) is 4.23. The number of nitrogens with one attached hydrogen (secondary N) is 2. The van der Waals surface area contributed by atoms with Gasteiger partial charge in [-0.1, -0.05) is 29.8 Å². The van der Waals surface area contributed by atoms with Crippen LogP contribution in [0.1, 0.15) is 11.1 Å². The van der Waals surface area contributed by atoms with Gasteiger partial charge in [-0.15, -0.1) is 5.10 Å². The highest BCUT2D eigenvalue weighted by atomic mass is 19.1. The molecule has 0 saturated heterocycles. The van der Waals surface area contributed by atoms with Crippen molar-refractivity contribution in [3.63, 3.8) is 0 Å². The Morgan fingerprint density at radius 1 is 1.00 bits per heavy atom. The number of hydrogen-bond donors (Lipinski definition) is 2. The van der Waals surface area contributed by atoms with Gasteiger partial charge in [0.15, 0.2) is 5.82 Å². The van der Waals surface area contributed by atoms with E-state index in [1.54, 1.807) is 12.1 Å². The number of rotatable bonds is 5. The van der Waals surface area contributed by atoms with Crippen molar-refractivity contribution in [2.24, 2.45) is 0 Å². The fourth-order valence-corrected chi connectivity index (χ4v) is 2.01. The van der Waals surface area contributed by atoms with Gasteiger partial charge in [0.2, 0.25) is 5.95 Å². The van der Waals surface area contributed by atoms with E-state index in [-0.39, 0.29) is 5.82 Å². The van der Waals surface area contributed by atoms with Crippen LogP contribution in [0.3, 0.4) is 0 Å². The number of halogens is 1. The molecule has 1 heterocycles. The molecule has 0 aliphatic rings. The van der Waals surface area contributed by atoms with Crippen LogP contribution < -0.4 is 10.6 Å². The van der Waals surface area contributed by atoms with Gasteiger partial charge < -0.3 is 10.6 Å². The average molecular weight is 309 g/mol. The lowest BCUT2D eigenvalue weighted by Crippen LogP contribution is -2.06. The Hall–Kier alpha value is -3.02. The first-order valence-electron chi connectivity index (χ1n) is 7.21. The number of anilines is 3. The van der Waals surface area contributed by atoms with E-state index in [9.17, 15) is 4.39 Å². The van der Waals surface area contributed by atoms with E-state index in [0.717, 1.165) is 11.3 Å². The van der Waals surface area contributed by atoms with Crippen LogP contribution in [0.25, 0.3) is 0 Å². The normalized spacial score (nSPS) is 10.3. The van der Waals surface area contributed by atoms with Crippen LogP contribution in [0, 0.1) is 12.7 Å². The van der Waals surface area contributed by atoms with Crippen molar-refractivity contribution in [1.82, 2.24) is 15.2 Å². The molecule has 0 aliphatic carbocycles. The quantitative estimate of drug-likeness (QED) is 0.753. The van der Waals surface area contributed by atoms with Gasteiger partial charge in [0.1, 0.15) is 5.82 Å². The van der Waals surface area contributed by atoms with Gasteiger partial charge in [0, 0.05) is 12.2 Å². The van der Waals surface area contributed by atoms with Crippen molar-refractivity contribution in [2.75, 3.05) is 10.6 Å². The maximum absolute atomic E-state index is 12.9. The molecule has 1 aromatic heterocycles. The molecule has 0 amide bonds. The number of aryl methyl sites for hydroxylation is 1. The predicted octanol–water partition coefficient (Wildman–Crippen LogP) is 3.67. The fraction of sp³-hybridized carbons (Fsp3) is 0.118. The number of benzene rings is 2. The summed E-state index contributed by atoms with van der Waals surface area (Å²) in [5.74, 6) is 0.688. The van der Waals surface area contributed by atoms with Crippen molar-refractivity contribution in [1.29, 1.82) is 0 Å². The topological polar surface area (TPSA) is 62.7 Å². The second kappa shape index (κ2) is 6.83. The zero-order valence-corrected chi connectivity index (χ0v) is 12.6. The highest BCUT2D eigenvalue weighted by Crippen LogP contribution is 2.15. The molecule has 2 aromatic carbocycles. The van der Waals surface area contributed by atoms with Gasteiger partial charge >= 0.3 is 0 Å². The van der Waals surface area contributed by atoms with Gasteiger partial charge in [-0.25, -0.2) is 4.39 Å². The van der Waals surface area contributed by atoms with E-state index < -0.39 is 0 Å². The third-order valence-corrected chi connectivity index (χ3v) is 3.25. The maximum Gasteiger partial charge on any atom is 0.244 e. The summed E-state index contributed by atoms with van der Waals surface area (Å²) in [6.45, 7) is 2.66. The van der Waals surface area contributed by atoms with Crippen LogP contribution in [0.15, 0.2) is 54.7 Å². The van der Waals surface area contributed by atoms with Crippen molar-refractivity contribution >= 4 is 17.5 Å². The molecular formula is C17H16FN5. The van der Waals surface area contributed by atoms with Crippen LogP contribution in [-0.4, -0.2) is 15.2 Å². The van der Waals surface area contributed by atoms with Gasteiger partial charge in [-0.2, -0.15) is 10.1 Å². The molecule has 2 N–H and O–H groups in total. The molecule has 0 atom stereocenters. The summed E-state index contributed by atoms with van der Waals surface area (Å²) >= 11 is 0. The lowest BCUT2D eigenvalue weighted by Gasteiger charge is -2.08. The molecule has 23 heavy (non-hydrogen) atoms. The Morgan fingerprint density at radius 3 is 2.48 bits per heavy atom. The molecule has 0 unspecified atom stereocenters. The summed E-state index contributed by atoms with van der Waals surface area (Å²) in [7, 11) is 0. The van der Waals surface area contributed by atoms with E-state index in [0.29, 0.717) is 18.3 Å². The summed E-state index contributed by atoms with van der Waals surface area (Å²) in [6, 6.07) is 14.3. The fourth-order valence-electron chi connectivity index (χ4n) is 2.01. The Labute approximate surface area is 133 Å². The molecule has 0 fully saturated rings. The second-order valence-corrected chi connectivity index (χ2v) is 5.14. The van der Waals surface area contributed by atoms with Crippen molar-refractivity contribution < 1.29 is 4.39 Å². The first-order valence-corrected chi connectivity index (χ1v) is 7.21. The van der Waals surface area contributed by atoms with Crippen molar-refractivity contribution in [2.45, 2.75) is 13.5 Å². The van der Waals surface area contributed by atoms with E-state index in [1.807, 2.05) is 0 Å². The molecule has 0 bridgehead atoms. The average Bonchev–Trinajstić information content (AvgIpc) is 2.57. The SMILES string of the molecule is Cc1ccc(CNc2nncc(Nc3ccc(F)cc3)n2)cc1. The summed E-state index contributed by atoms with van der Waals surface area (Å²) in [5, 5.41) is 14.1. The van der Waals surface area contributed by atoms with Crippen LogP contribution >= 0.6 is 0 Å². The second-order valence-electron chi connectivity index (χ2n) is 5.14. The molecule has 5 nitrogen and oxygen atoms in total. The van der Waals surface area contributed by atoms with Gasteiger partial charge in [0.25, 0.3) is 0 Å². The van der Waals surface area contributed by atoms with Gasteiger partial charge in [0.05, 0.1) is 6.20 Å². The van der Waals surface area contributed by atoms with Gasteiger partial charge in [-0.05, 0) is 36.8 Å². The summed E-state index contributed by atoms with van der Waals surface area (Å²) in [5.41, 5.74) is 3.09. The molecular weight excluding hydrogens is 293 g/mol. The molecule has 116 valence electrons. The molecule has 0 saturated carbocycles. The molecule has 3 rings (SSSR count). The van der Waals surface area contributed by atoms with E-state index >= 15 is 0 Å². The Balaban J connectivity index is 1.65. The lowest BCUT2D eigenvalue weighted by atomic mass is 10.1. The summed E-state index contributed by atoms with van der Waals surface area (Å²) < 4.78 is 12.9.